The van der Waals surface area contributed by atoms with Gasteiger partial charge in [-0.25, -0.2) is 14.2 Å². The van der Waals surface area contributed by atoms with E-state index in [2.05, 4.69) is 9.88 Å². The first-order valence-corrected chi connectivity index (χ1v) is 7.66. The van der Waals surface area contributed by atoms with Gasteiger partial charge >= 0.3 is 5.97 Å². The summed E-state index contributed by atoms with van der Waals surface area (Å²) in [6.07, 6.45) is 2.32. The molecule has 0 bridgehead atoms. The van der Waals surface area contributed by atoms with Gasteiger partial charge < -0.3 is 5.11 Å². The minimum Gasteiger partial charge on any atom is -0.476 e. The second kappa shape index (κ2) is 5.91. The molecule has 4 nitrogen and oxygen atoms in total. The van der Waals surface area contributed by atoms with E-state index in [1.54, 1.807) is 12.1 Å². The van der Waals surface area contributed by atoms with Gasteiger partial charge in [-0.15, -0.1) is 11.3 Å². The molecule has 1 aromatic carbocycles. The van der Waals surface area contributed by atoms with Crippen molar-refractivity contribution < 1.29 is 14.3 Å². The van der Waals surface area contributed by atoms with Gasteiger partial charge in [-0.2, -0.15) is 0 Å². The minimum atomic E-state index is -1.01. The summed E-state index contributed by atoms with van der Waals surface area (Å²) in [7, 11) is 0. The molecule has 3 rings (SSSR count). The Morgan fingerprint density at radius 1 is 1.29 bits per heavy atom. The van der Waals surface area contributed by atoms with Gasteiger partial charge in [0.2, 0.25) is 0 Å². The molecule has 0 radical (unpaired) electrons. The maximum Gasteiger partial charge on any atom is 0.355 e. The number of benzene rings is 1. The van der Waals surface area contributed by atoms with Gasteiger partial charge in [-0.3, -0.25) is 4.90 Å². The fourth-order valence-corrected chi connectivity index (χ4v) is 3.59. The van der Waals surface area contributed by atoms with Crippen LogP contribution in [0.3, 0.4) is 0 Å². The first-order valence-electron chi connectivity index (χ1n) is 6.85. The van der Waals surface area contributed by atoms with Crippen molar-refractivity contribution in [2.24, 2.45) is 0 Å². The number of nitrogens with zero attached hydrogens (tertiary/aromatic N) is 2. The van der Waals surface area contributed by atoms with Crippen LogP contribution in [-0.4, -0.2) is 34.0 Å². The third-order valence-electron chi connectivity index (χ3n) is 3.56. The minimum absolute atomic E-state index is 0.117. The number of aromatic carboxylic acids is 1. The van der Waals surface area contributed by atoms with Gasteiger partial charge in [0.1, 0.15) is 10.8 Å². The van der Waals surface area contributed by atoms with E-state index < -0.39 is 5.97 Å². The van der Waals surface area contributed by atoms with Crippen LogP contribution in [0.2, 0.25) is 0 Å². The molecule has 1 fully saturated rings. The van der Waals surface area contributed by atoms with E-state index in [0.717, 1.165) is 36.4 Å². The molecular weight excluding hydrogens is 291 g/mol. The SMILES string of the molecule is O=C(O)c1nc(-c2ccc(F)cc2)sc1CN1CCCC1. The Morgan fingerprint density at radius 3 is 2.57 bits per heavy atom. The number of aromatic nitrogens is 1. The second-order valence-electron chi connectivity index (χ2n) is 5.09. The molecule has 0 spiro atoms. The van der Waals surface area contributed by atoms with Crippen molar-refractivity contribution in [1.82, 2.24) is 9.88 Å². The maximum absolute atomic E-state index is 13.0. The van der Waals surface area contributed by atoms with Crippen LogP contribution in [0, 0.1) is 5.82 Å². The highest BCUT2D eigenvalue weighted by molar-refractivity contribution is 7.15. The molecular formula is C15H15FN2O2S. The number of hydrogen-bond donors (Lipinski definition) is 1. The highest BCUT2D eigenvalue weighted by Crippen LogP contribution is 2.30. The normalized spacial score (nSPS) is 15.5. The zero-order chi connectivity index (χ0) is 14.8. The van der Waals surface area contributed by atoms with Crippen LogP contribution in [-0.2, 0) is 6.54 Å². The molecule has 1 saturated heterocycles. The molecule has 0 atom stereocenters. The predicted octanol–water partition coefficient (Wildman–Crippen LogP) is 3.24. The van der Waals surface area contributed by atoms with E-state index in [-0.39, 0.29) is 11.5 Å². The number of thiazole rings is 1. The van der Waals surface area contributed by atoms with E-state index in [1.807, 2.05) is 0 Å². The van der Waals surface area contributed by atoms with Crippen molar-refractivity contribution in [2.45, 2.75) is 19.4 Å². The van der Waals surface area contributed by atoms with Crippen LogP contribution in [0.25, 0.3) is 10.6 Å². The Labute approximate surface area is 125 Å². The standard InChI is InChI=1S/C15H15FN2O2S/c16-11-5-3-10(4-6-11)14-17-13(15(19)20)12(21-14)9-18-7-1-2-8-18/h3-6H,1-2,7-9H2,(H,19,20). The van der Waals surface area contributed by atoms with Crippen LogP contribution in [0.5, 0.6) is 0 Å². The highest BCUT2D eigenvalue weighted by Gasteiger charge is 2.21. The second-order valence-corrected chi connectivity index (χ2v) is 6.17. The van der Waals surface area contributed by atoms with Gasteiger partial charge in [-0.05, 0) is 50.2 Å². The molecule has 0 amide bonds. The van der Waals surface area contributed by atoms with Crippen LogP contribution >= 0.6 is 11.3 Å². The number of carboxylic acids is 1. The fourth-order valence-electron chi connectivity index (χ4n) is 2.49. The molecule has 1 aliphatic heterocycles. The quantitative estimate of drug-likeness (QED) is 0.942. The van der Waals surface area contributed by atoms with Gasteiger partial charge in [0.15, 0.2) is 5.69 Å². The smallest absolute Gasteiger partial charge is 0.355 e. The first kappa shape index (κ1) is 14.2. The van der Waals surface area contributed by atoms with Gasteiger partial charge in [0, 0.05) is 12.1 Å². The van der Waals surface area contributed by atoms with Crippen LogP contribution in [0.15, 0.2) is 24.3 Å². The largest absolute Gasteiger partial charge is 0.476 e. The predicted molar refractivity (Wildman–Crippen MR) is 79.0 cm³/mol. The average Bonchev–Trinajstić information content (AvgIpc) is 3.10. The van der Waals surface area contributed by atoms with Gasteiger partial charge in [0.05, 0.1) is 4.88 Å². The number of carboxylic acid groups (broad SMARTS) is 1. The Morgan fingerprint density at radius 2 is 1.95 bits per heavy atom. The van der Waals surface area contributed by atoms with Gasteiger partial charge in [-0.1, -0.05) is 0 Å². The van der Waals surface area contributed by atoms with Crippen molar-refractivity contribution in [3.8, 4) is 10.6 Å². The molecule has 2 aromatic rings. The summed E-state index contributed by atoms with van der Waals surface area (Å²) in [5, 5.41) is 9.94. The van der Waals surface area contributed by atoms with E-state index in [1.165, 1.54) is 23.5 Å². The van der Waals surface area contributed by atoms with Crippen molar-refractivity contribution in [3.63, 3.8) is 0 Å². The van der Waals surface area contributed by atoms with E-state index >= 15 is 0 Å². The zero-order valence-corrected chi connectivity index (χ0v) is 12.2. The molecule has 1 aromatic heterocycles. The van der Waals surface area contributed by atoms with E-state index in [9.17, 15) is 14.3 Å². The van der Waals surface area contributed by atoms with Gasteiger partial charge in [0.25, 0.3) is 0 Å². The van der Waals surface area contributed by atoms with Crippen LogP contribution in [0.1, 0.15) is 28.2 Å². The molecule has 2 heterocycles. The molecule has 0 saturated carbocycles. The summed E-state index contributed by atoms with van der Waals surface area (Å²) in [6, 6.07) is 5.97. The molecule has 1 aliphatic rings. The Hall–Kier alpha value is -1.79. The zero-order valence-electron chi connectivity index (χ0n) is 11.4. The third kappa shape index (κ3) is 3.11. The number of rotatable bonds is 4. The molecule has 21 heavy (non-hydrogen) atoms. The number of halogens is 1. The lowest BCUT2D eigenvalue weighted by atomic mass is 10.2. The summed E-state index contributed by atoms with van der Waals surface area (Å²) in [4.78, 5) is 18.6. The summed E-state index contributed by atoms with van der Waals surface area (Å²) in [5.41, 5.74) is 0.864. The van der Waals surface area contributed by atoms with Crippen LogP contribution < -0.4 is 0 Å². The molecule has 6 heteroatoms. The monoisotopic (exact) mass is 306 g/mol. The first-order chi connectivity index (χ1) is 10.1. The highest BCUT2D eigenvalue weighted by atomic mass is 32.1. The topological polar surface area (TPSA) is 53.4 Å². The molecule has 0 unspecified atom stereocenters. The summed E-state index contributed by atoms with van der Waals surface area (Å²) in [5.74, 6) is -1.32. The third-order valence-corrected chi connectivity index (χ3v) is 4.65. The van der Waals surface area contributed by atoms with Crippen molar-refractivity contribution in [2.75, 3.05) is 13.1 Å². The Kier molecular flexibility index (Phi) is 3.98. The van der Waals surface area contributed by atoms with E-state index in [0.29, 0.717) is 11.6 Å². The number of carbonyl (C=O) groups is 1. The maximum atomic E-state index is 13.0. The molecule has 110 valence electrons. The summed E-state index contributed by atoms with van der Waals surface area (Å²) >= 11 is 1.38. The number of likely N-dealkylation sites (tertiary alicyclic amines) is 1. The Bertz CT molecular complexity index is 648. The summed E-state index contributed by atoms with van der Waals surface area (Å²) < 4.78 is 13.0. The molecule has 1 N–H and O–H groups in total. The lowest BCUT2D eigenvalue weighted by Gasteiger charge is -2.12. The average molecular weight is 306 g/mol. The fraction of sp³-hybridized carbons (Fsp3) is 0.333. The number of hydrogen-bond acceptors (Lipinski definition) is 4. The van der Waals surface area contributed by atoms with Crippen molar-refractivity contribution in [3.05, 3.63) is 40.7 Å². The summed E-state index contributed by atoms with van der Waals surface area (Å²) in [6.45, 7) is 2.63. The van der Waals surface area contributed by atoms with E-state index in [4.69, 9.17) is 0 Å². The molecule has 0 aliphatic carbocycles. The van der Waals surface area contributed by atoms with Crippen molar-refractivity contribution >= 4 is 17.3 Å². The van der Waals surface area contributed by atoms with Crippen molar-refractivity contribution in [1.29, 1.82) is 0 Å². The Balaban J connectivity index is 1.91. The lowest BCUT2D eigenvalue weighted by molar-refractivity contribution is 0.0689. The van der Waals surface area contributed by atoms with Crippen LogP contribution in [0.4, 0.5) is 4.39 Å². The lowest BCUT2D eigenvalue weighted by Crippen LogP contribution is -2.19.